The second-order valence-corrected chi connectivity index (χ2v) is 4.56. The van der Waals surface area contributed by atoms with Crippen LogP contribution in [0.25, 0.3) is 0 Å². The molecular formula is C14H20N4. The van der Waals surface area contributed by atoms with Gasteiger partial charge < -0.3 is 15.2 Å². The maximum absolute atomic E-state index is 5.72. The number of nitrogens with two attached hydrogens (primary N) is 1. The molecule has 96 valence electrons. The van der Waals surface area contributed by atoms with E-state index >= 15 is 0 Å². The molecule has 0 unspecified atom stereocenters. The fourth-order valence-electron chi connectivity index (χ4n) is 2.01. The van der Waals surface area contributed by atoms with E-state index in [0.717, 1.165) is 26.1 Å². The number of benzene rings is 1. The molecule has 0 atom stereocenters. The molecule has 4 heteroatoms. The van der Waals surface area contributed by atoms with Crippen LogP contribution in [-0.4, -0.2) is 28.0 Å². The summed E-state index contributed by atoms with van der Waals surface area (Å²) in [6.45, 7) is 2.96. The minimum Gasteiger partial charge on any atom is -0.369 e. The van der Waals surface area contributed by atoms with Gasteiger partial charge in [0.15, 0.2) is 5.95 Å². The minimum atomic E-state index is 0.598. The number of nitrogens with zero attached hydrogens (tertiary/aromatic N) is 3. The zero-order valence-corrected chi connectivity index (χ0v) is 10.8. The van der Waals surface area contributed by atoms with Crippen molar-refractivity contribution in [2.24, 2.45) is 0 Å². The molecule has 1 aromatic carbocycles. The van der Waals surface area contributed by atoms with Gasteiger partial charge in [-0.1, -0.05) is 30.3 Å². The van der Waals surface area contributed by atoms with Crippen LogP contribution in [-0.2, 0) is 13.1 Å². The van der Waals surface area contributed by atoms with E-state index in [9.17, 15) is 0 Å². The summed E-state index contributed by atoms with van der Waals surface area (Å²) < 4.78 is 1.98. The average molecular weight is 244 g/mol. The predicted octanol–water partition coefficient (Wildman–Crippen LogP) is 1.99. The van der Waals surface area contributed by atoms with E-state index in [-0.39, 0.29) is 0 Å². The van der Waals surface area contributed by atoms with Crippen molar-refractivity contribution in [2.45, 2.75) is 19.5 Å². The van der Waals surface area contributed by atoms with Gasteiger partial charge in [-0.2, -0.15) is 0 Å². The van der Waals surface area contributed by atoms with Gasteiger partial charge in [-0.3, -0.25) is 0 Å². The van der Waals surface area contributed by atoms with Crippen molar-refractivity contribution in [3.63, 3.8) is 0 Å². The maximum atomic E-state index is 5.72. The quantitative estimate of drug-likeness (QED) is 0.845. The number of aryl methyl sites for hydroxylation is 1. The van der Waals surface area contributed by atoms with Crippen molar-refractivity contribution in [1.29, 1.82) is 0 Å². The Kier molecular flexibility index (Phi) is 4.36. The first kappa shape index (κ1) is 12.6. The van der Waals surface area contributed by atoms with Crippen LogP contribution in [0.3, 0.4) is 0 Å². The van der Waals surface area contributed by atoms with Gasteiger partial charge in [-0.25, -0.2) is 4.98 Å². The molecule has 0 saturated heterocycles. The third-order valence-corrected chi connectivity index (χ3v) is 2.98. The molecule has 0 aliphatic rings. The van der Waals surface area contributed by atoms with Crippen LogP contribution in [0, 0.1) is 0 Å². The van der Waals surface area contributed by atoms with Crippen LogP contribution >= 0.6 is 0 Å². The average Bonchev–Trinajstić information content (AvgIpc) is 2.76. The second kappa shape index (κ2) is 6.21. The molecule has 0 amide bonds. The SMILES string of the molecule is CN(CCCn1ccnc1N)Cc1ccccc1. The largest absolute Gasteiger partial charge is 0.369 e. The van der Waals surface area contributed by atoms with Gasteiger partial charge in [0.05, 0.1) is 0 Å². The Bertz CT molecular complexity index is 464. The first-order chi connectivity index (χ1) is 8.75. The van der Waals surface area contributed by atoms with Gasteiger partial charge in [0.25, 0.3) is 0 Å². The van der Waals surface area contributed by atoms with Gasteiger partial charge in [0.1, 0.15) is 0 Å². The highest BCUT2D eigenvalue weighted by molar-refractivity contribution is 5.16. The molecule has 0 fully saturated rings. The van der Waals surface area contributed by atoms with E-state index < -0.39 is 0 Å². The van der Waals surface area contributed by atoms with Crippen molar-refractivity contribution >= 4 is 5.95 Å². The van der Waals surface area contributed by atoms with E-state index in [0.29, 0.717) is 5.95 Å². The van der Waals surface area contributed by atoms with Crippen molar-refractivity contribution < 1.29 is 0 Å². The number of anilines is 1. The van der Waals surface area contributed by atoms with Crippen LogP contribution in [0.2, 0.25) is 0 Å². The summed E-state index contributed by atoms with van der Waals surface area (Å²) in [5.74, 6) is 0.598. The van der Waals surface area contributed by atoms with Crippen LogP contribution in [0.1, 0.15) is 12.0 Å². The lowest BCUT2D eigenvalue weighted by molar-refractivity contribution is 0.314. The molecule has 0 aliphatic carbocycles. The highest BCUT2D eigenvalue weighted by Gasteiger charge is 2.01. The van der Waals surface area contributed by atoms with E-state index in [1.165, 1.54) is 5.56 Å². The number of imidazole rings is 1. The zero-order valence-electron chi connectivity index (χ0n) is 10.8. The molecule has 0 radical (unpaired) electrons. The summed E-state index contributed by atoms with van der Waals surface area (Å²) in [6.07, 6.45) is 4.74. The maximum Gasteiger partial charge on any atom is 0.200 e. The number of nitrogen functional groups attached to an aromatic ring is 1. The topological polar surface area (TPSA) is 47.1 Å². The van der Waals surface area contributed by atoms with Gasteiger partial charge in [-0.15, -0.1) is 0 Å². The Morgan fingerprint density at radius 2 is 2.06 bits per heavy atom. The summed E-state index contributed by atoms with van der Waals surface area (Å²) in [5.41, 5.74) is 7.07. The summed E-state index contributed by atoms with van der Waals surface area (Å²) in [7, 11) is 2.14. The minimum absolute atomic E-state index is 0.598. The molecule has 2 rings (SSSR count). The molecular weight excluding hydrogens is 224 g/mol. The third-order valence-electron chi connectivity index (χ3n) is 2.98. The Morgan fingerprint density at radius 1 is 1.28 bits per heavy atom. The second-order valence-electron chi connectivity index (χ2n) is 4.56. The Hall–Kier alpha value is -1.81. The van der Waals surface area contributed by atoms with Crippen molar-refractivity contribution in [3.8, 4) is 0 Å². The molecule has 2 N–H and O–H groups in total. The molecule has 0 aliphatic heterocycles. The zero-order chi connectivity index (χ0) is 12.8. The first-order valence-electron chi connectivity index (χ1n) is 6.25. The third kappa shape index (κ3) is 3.60. The lowest BCUT2D eigenvalue weighted by Gasteiger charge is -2.16. The fraction of sp³-hybridized carbons (Fsp3) is 0.357. The van der Waals surface area contributed by atoms with Crippen LogP contribution in [0.5, 0.6) is 0 Å². The van der Waals surface area contributed by atoms with E-state index in [2.05, 4.69) is 41.2 Å². The smallest absolute Gasteiger partial charge is 0.200 e. The van der Waals surface area contributed by atoms with Crippen molar-refractivity contribution in [2.75, 3.05) is 19.3 Å². The van der Waals surface area contributed by atoms with E-state index in [4.69, 9.17) is 5.73 Å². The molecule has 18 heavy (non-hydrogen) atoms. The summed E-state index contributed by atoms with van der Waals surface area (Å²) in [5, 5.41) is 0. The van der Waals surface area contributed by atoms with Gasteiger partial charge >= 0.3 is 0 Å². The molecule has 2 aromatic rings. The molecule has 1 aromatic heterocycles. The molecule has 0 saturated carbocycles. The van der Waals surface area contributed by atoms with E-state index in [1.54, 1.807) is 6.20 Å². The summed E-state index contributed by atoms with van der Waals surface area (Å²) in [4.78, 5) is 6.33. The summed E-state index contributed by atoms with van der Waals surface area (Å²) in [6, 6.07) is 10.5. The van der Waals surface area contributed by atoms with Crippen molar-refractivity contribution in [1.82, 2.24) is 14.5 Å². The molecule has 0 bridgehead atoms. The molecule has 4 nitrogen and oxygen atoms in total. The van der Waals surface area contributed by atoms with Gasteiger partial charge in [0, 0.05) is 25.5 Å². The van der Waals surface area contributed by atoms with Gasteiger partial charge in [-0.05, 0) is 25.6 Å². The molecule has 1 heterocycles. The van der Waals surface area contributed by atoms with Gasteiger partial charge in [0.2, 0.25) is 0 Å². The Balaban J connectivity index is 1.72. The normalized spacial score (nSPS) is 11.0. The fourth-order valence-corrected chi connectivity index (χ4v) is 2.01. The molecule has 0 spiro atoms. The first-order valence-corrected chi connectivity index (χ1v) is 6.25. The standard InChI is InChI=1S/C14H20N4/c1-17(12-13-6-3-2-4-7-13)9-5-10-18-11-8-16-14(18)15/h2-4,6-8,11H,5,9-10,12H2,1H3,(H2,15,16). The van der Waals surface area contributed by atoms with Crippen LogP contribution in [0.15, 0.2) is 42.7 Å². The number of hydrogen-bond donors (Lipinski definition) is 1. The lowest BCUT2D eigenvalue weighted by Crippen LogP contribution is -2.20. The van der Waals surface area contributed by atoms with Crippen LogP contribution < -0.4 is 5.73 Å². The lowest BCUT2D eigenvalue weighted by atomic mass is 10.2. The summed E-state index contributed by atoms with van der Waals surface area (Å²) >= 11 is 0. The van der Waals surface area contributed by atoms with Crippen LogP contribution in [0.4, 0.5) is 5.95 Å². The number of rotatable bonds is 6. The number of hydrogen-bond acceptors (Lipinski definition) is 3. The highest BCUT2D eigenvalue weighted by Crippen LogP contribution is 2.04. The Morgan fingerprint density at radius 3 is 2.72 bits per heavy atom. The Labute approximate surface area is 108 Å². The van der Waals surface area contributed by atoms with E-state index in [1.807, 2.05) is 16.8 Å². The predicted molar refractivity (Wildman–Crippen MR) is 74.0 cm³/mol. The number of aromatic nitrogens is 2. The highest BCUT2D eigenvalue weighted by atomic mass is 15.1. The van der Waals surface area contributed by atoms with Crippen molar-refractivity contribution in [3.05, 3.63) is 48.3 Å². The monoisotopic (exact) mass is 244 g/mol.